The van der Waals surface area contributed by atoms with E-state index in [0.29, 0.717) is 21.7 Å². The highest BCUT2D eigenvalue weighted by molar-refractivity contribution is 8.15. The minimum atomic E-state index is -3.03. The smallest absolute Gasteiger partial charge is 0.164 e. The Morgan fingerprint density at radius 3 is 2.55 bits per heavy atom. The van der Waals surface area contributed by atoms with Gasteiger partial charge < -0.3 is 4.90 Å². The van der Waals surface area contributed by atoms with Crippen LogP contribution in [0, 0.1) is 5.82 Å². The van der Waals surface area contributed by atoms with E-state index in [4.69, 9.17) is 16.6 Å². The van der Waals surface area contributed by atoms with Gasteiger partial charge in [-0.1, -0.05) is 55.4 Å². The van der Waals surface area contributed by atoms with Crippen molar-refractivity contribution < 1.29 is 12.8 Å². The van der Waals surface area contributed by atoms with E-state index in [1.165, 1.54) is 23.4 Å². The molecule has 0 N–H and O–H groups in total. The lowest BCUT2D eigenvalue weighted by molar-refractivity contribution is 0.601. The van der Waals surface area contributed by atoms with Crippen LogP contribution in [0.4, 0.5) is 10.1 Å². The lowest BCUT2D eigenvalue weighted by atomic mass is 10.0. The van der Waals surface area contributed by atoms with Crippen LogP contribution in [-0.2, 0) is 16.4 Å². The molecular formula is C21H22ClFN2O2S2. The number of hydrogen-bond acceptors (Lipinski definition) is 5. The summed E-state index contributed by atoms with van der Waals surface area (Å²) in [7, 11) is -3.03. The zero-order valence-electron chi connectivity index (χ0n) is 16.2. The van der Waals surface area contributed by atoms with Gasteiger partial charge in [0, 0.05) is 21.5 Å². The predicted molar refractivity (Wildman–Crippen MR) is 119 cm³/mol. The molecule has 0 bridgehead atoms. The second-order valence-electron chi connectivity index (χ2n) is 7.74. The van der Waals surface area contributed by atoms with Gasteiger partial charge in [-0.3, -0.25) is 4.99 Å². The molecule has 2 atom stereocenters. The summed E-state index contributed by atoms with van der Waals surface area (Å²) in [6, 6.07) is 12.5. The first-order valence-corrected chi connectivity index (χ1v) is 12.6. The third-order valence-corrected chi connectivity index (χ3v) is 8.89. The third kappa shape index (κ3) is 4.32. The van der Waals surface area contributed by atoms with Crippen LogP contribution < -0.4 is 4.90 Å². The van der Waals surface area contributed by atoms with E-state index in [2.05, 4.69) is 26.0 Å². The molecule has 0 spiro atoms. The number of sulfone groups is 1. The van der Waals surface area contributed by atoms with Crippen LogP contribution >= 0.6 is 23.4 Å². The fraction of sp³-hybridized carbons (Fsp3) is 0.381. The third-order valence-electron chi connectivity index (χ3n) is 5.29. The number of halogens is 2. The summed E-state index contributed by atoms with van der Waals surface area (Å²) < 4.78 is 38.3. The molecule has 0 saturated carbocycles. The number of nitrogens with zero attached hydrogens (tertiary/aromatic N) is 2. The quantitative estimate of drug-likeness (QED) is 0.663. The fourth-order valence-electron chi connectivity index (χ4n) is 3.62. The number of fused-ring (bicyclic) bond motifs is 1. The first-order chi connectivity index (χ1) is 13.7. The zero-order chi connectivity index (χ0) is 20.8. The Morgan fingerprint density at radius 2 is 1.93 bits per heavy atom. The summed E-state index contributed by atoms with van der Waals surface area (Å²) in [4.78, 5) is 6.63. The number of thioether (sulfide) groups is 1. The number of hydrogen-bond donors (Lipinski definition) is 0. The summed E-state index contributed by atoms with van der Waals surface area (Å²) in [5.74, 6) is 0.249. The van der Waals surface area contributed by atoms with Crippen molar-refractivity contribution in [2.45, 2.75) is 37.6 Å². The van der Waals surface area contributed by atoms with Crippen molar-refractivity contribution >= 4 is 44.1 Å². The monoisotopic (exact) mass is 452 g/mol. The number of amidine groups is 1. The summed E-state index contributed by atoms with van der Waals surface area (Å²) in [6.45, 7) is 4.49. The Bertz CT molecular complexity index is 1030. The molecule has 8 heteroatoms. The van der Waals surface area contributed by atoms with Crippen LogP contribution in [0.15, 0.2) is 47.5 Å². The maximum Gasteiger partial charge on any atom is 0.164 e. The minimum Gasteiger partial charge on any atom is -0.317 e. The molecule has 2 aliphatic heterocycles. The van der Waals surface area contributed by atoms with Crippen LogP contribution in [0.5, 0.6) is 0 Å². The zero-order valence-corrected chi connectivity index (χ0v) is 18.6. The Kier molecular flexibility index (Phi) is 5.66. The standard InChI is InChI=1S/C21H22ClFN2O2S2/c1-13(2)14-6-8-15(9-7-14)25(10-16-17(22)4-3-5-18(16)23)21-24-19-11-29(26,27)12-20(19)28-21/h3-9,13,19-20H,10-12H2,1-2H3/t19-,20-/m0/s1. The number of benzene rings is 2. The van der Waals surface area contributed by atoms with E-state index in [-0.39, 0.29) is 35.2 Å². The Labute approximate surface area is 180 Å². The van der Waals surface area contributed by atoms with Crippen LogP contribution in [0.3, 0.4) is 0 Å². The van der Waals surface area contributed by atoms with Gasteiger partial charge in [-0.15, -0.1) is 0 Å². The van der Waals surface area contributed by atoms with Gasteiger partial charge in [0.2, 0.25) is 0 Å². The van der Waals surface area contributed by atoms with Crippen molar-refractivity contribution in [3.8, 4) is 0 Å². The molecule has 0 aromatic heterocycles. The first-order valence-electron chi connectivity index (χ1n) is 9.49. The molecule has 0 unspecified atom stereocenters. The van der Waals surface area contributed by atoms with E-state index in [0.717, 1.165) is 5.69 Å². The molecule has 2 aromatic rings. The Hall–Kier alpha value is -1.57. The fourth-order valence-corrected chi connectivity index (χ4v) is 7.62. The van der Waals surface area contributed by atoms with Gasteiger partial charge in [-0.2, -0.15) is 0 Å². The average molecular weight is 453 g/mol. The number of anilines is 1. The molecule has 2 aromatic carbocycles. The maximum absolute atomic E-state index is 14.5. The largest absolute Gasteiger partial charge is 0.317 e. The van der Waals surface area contributed by atoms with Crippen molar-refractivity contribution in [2.75, 3.05) is 16.4 Å². The molecular weight excluding hydrogens is 431 g/mol. The van der Waals surface area contributed by atoms with Crippen molar-refractivity contribution in [3.63, 3.8) is 0 Å². The van der Waals surface area contributed by atoms with Gasteiger partial charge in [0.25, 0.3) is 0 Å². The van der Waals surface area contributed by atoms with Gasteiger partial charge in [0.1, 0.15) is 5.82 Å². The van der Waals surface area contributed by atoms with E-state index in [1.807, 2.05) is 17.0 Å². The molecule has 2 heterocycles. The molecule has 4 rings (SSSR count). The maximum atomic E-state index is 14.5. The van der Waals surface area contributed by atoms with Gasteiger partial charge in [-0.25, -0.2) is 12.8 Å². The van der Waals surface area contributed by atoms with Crippen LogP contribution in [0.1, 0.15) is 30.9 Å². The summed E-state index contributed by atoms with van der Waals surface area (Å²) in [5.41, 5.74) is 2.49. The number of rotatable bonds is 4. The lowest BCUT2D eigenvalue weighted by Crippen LogP contribution is -2.28. The summed E-state index contributed by atoms with van der Waals surface area (Å²) in [5, 5.41) is 0.996. The van der Waals surface area contributed by atoms with Crippen molar-refractivity contribution in [1.29, 1.82) is 0 Å². The first kappa shape index (κ1) is 20.7. The highest BCUT2D eigenvalue weighted by Crippen LogP contribution is 2.38. The molecule has 1 saturated heterocycles. The van der Waals surface area contributed by atoms with Crippen LogP contribution in [0.2, 0.25) is 5.02 Å². The SMILES string of the molecule is CC(C)c1ccc(N(Cc2c(F)cccc2Cl)C2=N[C@H]3CS(=O)(=O)C[C@@H]3S2)cc1. The van der Waals surface area contributed by atoms with Gasteiger partial charge in [-0.05, 0) is 35.7 Å². The van der Waals surface area contributed by atoms with Crippen LogP contribution in [-0.4, -0.2) is 36.4 Å². The van der Waals surface area contributed by atoms with E-state index >= 15 is 0 Å². The topological polar surface area (TPSA) is 49.7 Å². The van der Waals surface area contributed by atoms with Crippen LogP contribution in [0.25, 0.3) is 0 Å². The van der Waals surface area contributed by atoms with Gasteiger partial charge in [0.05, 0.1) is 24.1 Å². The van der Waals surface area contributed by atoms with E-state index < -0.39 is 9.84 Å². The predicted octanol–water partition coefficient (Wildman–Crippen LogP) is 4.88. The highest BCUT2D eigenvalue weighted by Gasteiger charge is 2.44. The molecule has 0 radical (unpaired) electrons. The van der Waals surface area contributed by atoms with E-state index in [9.17, 15) is 12.8 Å². The average Bonchev–Trinajstić information content (AvgIpc) is 3.15. The number of aliphatic imine (C=N–C) groups is 1. The van der Waals surface area contributed by atoms with Crippen molar-refractivity contribution in [2.24, 2.45) is 4.99 Å². The lowest BCUT2D eigenvalue weighted by Gasteiger charge is -2.26. The highest BCUT2D eigenvalue weighted by atomic mass is 35.5. The Morgan fingerprint density at radius 1 is 1.21 bits per heavy atom. The molecule has 4 nitrogen and oxygen atoms in total. The molecule has 29 heavy (non-hydrogen) atoms. The molecule has 0 aliphatic carbocycles. The van der Waals surface area contributed by atoms with E-state index in [1.54, 1.807) is 12.1 Å². The Balaban J connectivity index is 1.70. The second kappa shape index (κ2) is 7.93. The van der Waals surface area contributed by atoms with Crippen molar-refractivity contribution in [1.82, 2.24) is 0 Å². The molecule has 1 fully saturated rings. The van der Waals surface area contributed by atoms with Crippen molar-refractivity contribution in [3.05, 3.63) is 64.4 Å². The van der Waals surface area contributed by atoms with Gasteiger partial charge >= 0.3 is 0 Å². The summed E-state index contributed by atoms with van der Waals surface area (Å²) in [6.07, 6.45) is 0. The second-order valence-corrected chi connectivity index (χ2v) is 11.5. The minimum absolute atomic E-state index is 0.0781. The normalized spacial score (nSPS) is 22.6. The summed E-state index contributed by atoms with van der Waals surface area (Å²) >= 11 is 7.73. The molecule has 2 aliphatic rings. The molecule has 154 valence electrons. The van der Waals surface area contributed by atoms with Gasteiger partial charge in [0.15, 0.2) is 15.0 Å². The molecule has 0 amide bonds.